The Kier molecular flexibility index (Phi) is 2.93. The Morgan fingerprint density at radius 2 is 2.00 bits per heavy atom. The highest BCUT2D eigenvalue weighted by Crippen LogP contribution is 2.27. The summed E-state index contributed by atoms with van der Waals surface area (Å²) < 4.78 is 2.32. The summed E-state index contributed by atoms with van der Waals surface area (Å²) in [6.45, 7) is 0. The van der Waals surface area contributed by atoms with E-state index in [1.165, 1.54) is 4.52 Å². The SMILES string of the molecule is Clc1ccc2nnc(-c3cc(Br)cnc3Cl)n2n1. The molecule has 0 aromatic carbocycles. The Labute approximate surface area is 120 Å². The standard InChI is InChI=1S/C10H4BrCl2N5/c11-5-3-6(9(13)14-4-5)10-16-15-8-2-1-7(12)17-18(8)10/h1-4H. The first-order valence-corrected chi connectivity index (χ1v) is 6.39. The Bertz CT molecular complexity index is 742. The van der Waals surface area contributed by atoms with Gasteiger partial charge >= 0.3 is 0 Å². The van der Waals surface area contributed by atoms with Crippen LogP contribution in [-0.4, -0.2) is 24.8 Å². The maximum Gasteiger partial charge on any atom is 0.188 e. The summed E-state index contributed by atoms with van der Waals surface area (Å²) in [6.07, 6.45) is 1.61. The van der Waals surface area contributed by atoms with E-state index in [2.05, 4.69) is 36.2 Å². The molecule has 3 aromatic rings. The number of aromatic nitrogens is 5. The van der Waals surface area contributed by atoms with Gasteiger partial charge in [0, 0.05) is 10.7 Å². The molecule has 18 heavy (non-hydrogen) atoms. The zero-order valence-corrected chi connectivity index (χ0v) is 11.8. The molecule has 0 radical (unpaired) electrons. The molecule has 0 saturated carbocycles. The van der Waals surface area contributed by atoms with Crippen molar-refractivity contribution in [1.82, 2.24) is 24.8 Å². The van der Waals surface area contributed by atoms with E-state index in [0.717, 1.165) is 4.47 Å². The number of hydrogen-bond donors (Lipinski definition) is 0. The fraction of sp³-hybridized carbons (Fsp3) is 0. The van der Waals surface area contributed by atoms with Crippen molar-refractivity contribution < 1.29 is 0 Å². The van der Waals surface area contributed by atoms with Crippen LogP contribution in [0.3, 0.4) is 0 Å². The minimum absolute atomic E-state index is 0.328. The number of halogens is 3. The quantitative estimate of drug-likeness (QED) is 0.636. The average molecular weight is 345 g/mol. The van der Waals surface area contributed by atoms with Crippen molar-refractivity contribution in [3.8, 4) is 11.4 Å². The van der Waals surface area contributed by atoms with Gasteiger partial charge in [0.05, 0.1) is 5.56 Å². The molecule has 0 amide bonds. The Morgan fingerprint density at radius 1 is 1.17 bits per heavy atom. The van der Waals surface area contributed by atoms with E-state index in [-0.39, 0.29) is 0 Å². The van der Waals surface area contributed by atoms with Crippen LogP contribution in [0.5, 0.6) is 0 Å². The van der Waals surface area contributed by atoms with Crippen LogP contribution in [0.25, 0.3) is 17.0 Å². The first kappa shape index (κ1) is 11.8. The number of nitrogens with zero attached hydrogens (tertiary/aromatic N) is 5. The van der Waals surface area contributed by atoms with Gasteiger partial charge in [0.2, 0.25) is 0 Å². The summed E-state index contributed by atoms with van der Waals surface area (Å²) in [7, 11) is 0. The average Bonchev–Trinajstić information content (AvgIpc) is 2.75. The highest BCUT2D eigenvalue weighted by atomic mass is 79.9. The molecule has 0 bridgehead atoms. The predicted molar refractivity (Wildman–Crippen MR) is 71.7 cm³/mol. The highest BCUT2D eigenvalue weighted by molar-refractivity contribution is 9.10. The number of rotatable bonds is 1. The maximum absolute atomic E-state index is 6.05. The van der Waals surface area contributed by atoms with Crippen LogP contribution in [-0.2, 0) is 0 Å². The van der Waals surface area contributed by atoms with E-state index >= 15 is 0 Å². The Hall–Kier alpha value is -1.24. The van der Waals surface area contributed by atoms with Gasteiger partial charge in [-0.2, -0.15) is 9.61 Å². The molecule has 90 valence electrons. The van der Waals surface area contributed by atoms with Gasteiger partial charge in [-0.15, -0.1) is 10.2 Å². The summed E-state index contributed by atoms with van der Waals surface area (Å²) in [5.74, 6) is 0.492. The van der Waals surface area contributed by atoms with E-state index in [1.54, 1.807) is 24.4 Å². The predicted octanol–water partition coefficient (Wildman–Crippen LogP) is 3.26. The molecule has 0 spiro atoms. The lowest BCUT2D eigenvalue weighted by atomic mass is 10.3. The molecule has 0 fully saturated rings. The maximum atomic E-state index is 6.05. The van der Waals surface area contributed by atoms with E-state index in [9.17, 15) is 0 Å². The van der Waals surface area contributed by atoms with Crippen molar-refractivity contribution in [3.05, 3.63) is 39.2 Å². The van der Waals surface area contributed by atoms with Crippen molar-refractivity contribution in [2.75, 3.05) is 0 Å². The molecule has 0 aliphatic rings. The zero-order chi connectivity index (χ0) is 12.7. The van der Waals surface area contributed by atoms with Crippen LogP contribution in [0.1, 0.15) is 0 Å². The number of fused-ring (bicyclic) bond motifs is 1. The van der Waals surface area contributed by atoms with Gasteiger partial charge in [-0.05, 0) is 34.1 Å². The molecular formula is C10H4BrCl2N5. The monoisotopic (exact) mass is 343 g/mol. The van der Waals surface area contributed by atoms with Gasteiger partial charge < -0.3 is 0 Å². The lowest BCUT2D eigenvalue weighted by Crippen LogP contribution is -1.96. The summed E-state index contributed by atoms with van der Waals surface area (Å²) in [6, 6.07) is 5.18. The second kappa shape index (κ2) is 4.46. The molecule has 3 aromatic heterocycles. The van der Waals surface area contributed by atoms with Crippen molar-refractivity contribution in [2.45, 2.75) is 0 Å². The molecule has 0 saturated heterocycles. The normalized spacial score (nSPS) is 11.1. The van der Waals surface area contributed by atoms with Crippen molar-refractivity contribution in [2.24, 2.45) is 0 Å². The summed E-state index contributed by atoms with van der Waals surface area (Å²) in [5.41, 5.74) is 1.22. The molecule has 0 N–H and O–H groups in total. The van der Waals surface area contributed by atoms with Crippen molar-refractivity contribution in [3.63, 3.8) is 0 Å². The molecule has 5 nitrogen and oxygen atoms in total. The van der Waals surface area contributed by atoms with Crippen LogP contribution in [0.15, 0.2) is 28.9 Å². The Morgan fingerprint density at radius 3 is 2.83 bits per heavy atom. The second-order valence-corrected chi connectivity index (χ2v) is 5.10. The first-order valence-electron chi connectivity index (χ1n) is 4.84. The molecule has 0 unspecified atom stereocenters. The van der Waals surface area contributed by atoms with Gasteiger partial charge in [0.1, 0.15) is 10.3 Å². The third kappa shape index (κ3) is 1.96. The minimum Gasteiger partial charge on any atom is -0.243 e. The van der Waals surface area contributed by atoms with Gasteiger partial charge in [-0.3, -0.25) is 0 Å². The van der Waals surface area contributed by atoms with Crippen LogP contribution < -0.4 is 0 Å². The summed E-state index contributed by atoms with van der Waals surface area (Å²) >= 11 is 15.3. The molecule has 3 rings (SSSR count). The van der Waals surface area contributed by atoms with Gasteiger partial charge in [-0.1, -0.05) is 23.2 Å². The largest absolute Gasteiger partial charge is 0.243 e. The molecular weight excluding hydrogens is 341 g/mol. The van der Waals surface area contributed by atoms with E-state index in [1.807, 2.05) is 0 Å². The number of hydrogen-bond acceptors (Lipinski definition) is 4. The molecule has 0 aliphatic carbocycles. The fourth-order valence-corrected chi connectivity index (χ4v) is 2.17. The smallest absolute Gasteiger partial charge is 0.188 e. The Balaban J connectivity index is 2.31. The van der Waals surface area contributed by atoms with Crippen LogP contribution in [0, 0.1) is 0 Å². The van der Waals surface area contributed by atoms with Crippen LogP contribution in [0.4, 0.5) is 0 Å². The molecule has 3 heterocycles. The number of pyridine rings is 1. The van der Waals surface area contributed by atoms with Gasteiger partial charge in [0.15, 0.2) is 11.5 Å². The fourth-order valence-electron chi connectivity index (χ4n) is 1.51. The first-order chi connectivity index (χ1) is 8.65. The van der Waals surface area contributed by atoms with E-state index in [0.29, 0.717) is 27.3 Å². The lowest BCUT2D eigenvalue weighted by Gasteiger charge is -2.02. The third-order valence-electron chi connectivity index (χ3n) is 2.28. The van der Waals surface area contributed by atoms with Crippen molar-refractivity contribution >= 4 is 44.8 Å². The second-order valence-electron chi connectivity index (χ2n) is 3.44. The molecule has 0 atom stereocenters. The van der Waals surface area contributed by atoms with E-state index < -0.39 is 0 Å². The third-order valence-corrected chi connectivity index (χ3v) is 3.21. The van der Waals surface area contributed by atoms with Crippen LogP contribution >= 0.6 is 39.1 Å². The summed E-state index contributed by atoms with van der Waals surface area (Å²) in [5, 5.41) is 12.9. The van der Waals surface area contributed by atoms with Gasteiger partial charge in [0.25, 0.3) is 0 Å². The lowest BCUT2D eigenvalue weighted by molar-refractivity contribution is 0.935. The molecule has 0 aliphatic heterocycles. The van der Waals surface area contributed by atoms with E-state index in [4.69, 9.17) is 23.2 Å². The van der Waals surface area contributed by atoms with Gasteiger partial charge in [-0.25, -0.2) is 4.98 Å². The van der Waals surface area contributed by atoms with Crippen molar-refractivity contribution in [1.29, 1.82) is 0 Å². The molecule has 8 heteroatoms. The van der Waals surface area contributed by atoms with Crippen LogP contribution in [0.2, 0.25) is 10.3 Å². The topological polar surface area (TPSA) is 56.0 Å². The minimum atomic E-state index is 0.328. The highest BCUT2D eigenvalue weighted by Gasteiger charge is 2.14. The summed E-state index contributed by atoms with van der Waals surface area (Å²) in [4.78, 5) is 4.04. The zero-order valence-electron chi connectivity index (χ0n) is 8.68.